The van der Waals surface area contributed by atoms with E-state index < -0.39 is 0 Å². The van der Waals surface area contributed by atoms with Crippen molar-refractivity contribution in [3.05, 3.63) is 88.0 Å². The molecular formula is C24H16ClFN2O3S. The van der Waals surface area contributed by atoms with Crippen LogP contribution in [-0.2, 0) is 4.79 Å². The number of hydrogen-bond acceptors (Lipinski definition) is 5. The maximum Gasteiger partial charge on any atom is 0.271 e. The number of amidine groups is 1. The molecule has 0 radical (unpaired) electrons. The van der Waals surface area contributed by atoms with Gasteiger partial charge in [-0.3, -0.25) is 9.69 Å². The molecular weight excluding hydrogens is 451 g/mol. The molecule has 0 unspecified atom stereocenters. The van der Waals surface area contributed by atoms with Gasteiger partial charge in [0, 0.05) is 5.02 Å². The summed E-state index contributed by atoms with van der Waals surface area (Å²) in [4.78, 5) is 20.0. The van der Waals surface area contributed by atoms with Crippen LogP contribution in [0.5, 0.6) is 11.5 Å². The smallest absolute Gasteiger partial charge is 0.271 e. The number of nitrogens with zero attached hydrogens (tertiary/aromatic N) is 2. The third-order valence-corrected chi connectivity index (χ3v) is 6.03. The molecule has 2 heterocycles. The summed E-state index contributed by atoms with van der Waals surface area (Å²) in [6, 6.07) is 18.3. The zero-order valence-electron chi connectivity index (χ0n) is 16.6. The minimum absolute atomic E-state index is 0.215. The Bertz CT molecular complexity index is 1240. The van der Waals surface area contributed by atoms with E-state index in [1.807, 2.05) is 18.2 Å². The van der Waals surface area contributed by atoms with Crippen LogP contribution < -0.4 is 14.4 Å². The number of carbonyl (C=O) groups excluding carboxylic acids is 1. The molecule has 0 spiro atoms. The van der Waals surface area contributed by atoms with Gasteiger partial charge in [-0.1, -0.05) is 17.7 Å². The normalized spacial score (nSPS) is 17.9. The number of carbonyl (C=O) groups is 1. The largest absolute Gasteiger partial charge is 0.486 e. The van der Waals surface area contributed by atoms with E-state index in [0.29, 0.717) is 51.2 Å². The molecule has 0 saturated carbocycles. The van der Waals surface area contributed by atoms with Crippen LogP contribution in [0.3, 0.4) is 0 Å². The summed E-state index contributed by atoms with van der Waals surface area (Å²) in [6.07, 6.45) is 1.79. The number of rotatable bonds is 3. The lowest BCUT2D eigenvalue weighted by atomic mass is 10.1. The first-order valence-corrected chi connectivity index (χ1v) is 11.0. The van der Waals surface area contributed by atoms with E-state index in [4.69, 9.17) is 21.1 Å². The number of anilines is 1. The molecule has 1 amide bonds. The van der Waals surface area contributed by atoms with E-state index in [9.17, 15) is 9.18 Å². The van der Waals surface area contributed by atoms with Gasteiger partial charge in [0.1, 0.15) is 19.0 Å². The lowest BCUT2D eigenvalue weighted by Crippen LogP contribution is -2.28. The highest BCUT2D eigenvalue weighted by atomic mass is 35.5. The highest BCUT2D eigenvalue weighted by molar-refractivity contribution is 8.19. The second-order valence-electron chi connectivity index (χ2n) is 7.00. The number of fused-ring (bicyclic) bond motifs is 1. The number of aliphatic imine (C=N–C) groups is 1. The van der Waals surface area contributed by atoms with Crippen molar-refractivity contribution in [2.75, 3.05) is 18.1 Å². The predicted octanol–water partition coefficient (Wildman–Crippen LogP) is 6.06. The highest BCUT2D eigenvalue weighted by Crippen LogP contribution is 2.39. The van der Waals surface area contributed by atoms with Crippen LogP contribution in [0.15, 0.2) is 76.6 Å². The minimum Gasteiger partial charge on any atom is -0.486 e. The van der Waals surface area contributed by atoms with Crippen molar-refractivity contribution in [1.82, 2.24) is 0 Å². The number of thioether (sulfide) groups is 1. The fraction of sp³-hybridized carbons (Fsp3) is 0.0833. The standard InChI is InChI=1S/C24H16ClFN2O3S/c25-16-2-8-19(9-3-16)28-23(29)22(32-24(28)27-18-6-4-17(26)5-7-18)14-15-1-10-20-21(13-15)31-12-11-30-20/h1-10,13-14H,11-12H2/b22-14-,27-24?. The molecule has 1 fully saturated rings. The summed E-state index contributed by atoms with van der Waals surface area (Å²) in [5.74, 6) is 0.770. The third-order valence-electron chi connectivity index (χ3n) is 4.81. The maximum atomic E-state index is 13.3. The molecule has 3 aromatic carbocycles. The van der Waals surface area contributed by atoms with E-state index in [2.05, 4.69) is 4.99 Å². The molecule has 160 valence electrons. The quantitative estimate of drug-likeness (QED) is 0.440. The van der Waals surface area contributed by atoms with Crippen LogP contribution in [0.2, 0.25) is 5.02 Å². The van der Waals surface area contributed by atoms with Crippen molar-refractivity contribution in [3.63, 3.8) is 0 Å². The number of ether oxygens (including phenoxy) is 2. The van der Waals surface area contributed by atoms with E-state index >= 15 is 0 Å². The van der Waals surface area contributed by atoms with E-state index in [-0.39, 0.29) is 11.7 Å². The average molecular weight is 467 g/mol. The Morgan fingerprint density at radius 2 is 1.69 bits per heavy atom. The SMILES string of the molecule is O=C1/C(=C/c2ccc3c(c2)OCCO3)SC(=Nc2ccc(F)cc2)N1c1ccc(Cl)cc1. The summed E-state index contributed by atoms with van der Waals surface area (Å²) in [6.45, 7) is 1.00. The maximum absolute atomic E-state index is 13.3. The molecule has 32 heavy (non-hydrogen) atoms. The molecule has 2 aliphatic heterocycles. The number of amides is 1. The van der Waals surface area contributed by atoms with Gasteiger partial charge in [-0.25, -0.2) is 9.38 Å². The monoisotopic (exact) mass is 466 g/mol. The summed E-state index contributed by atoms with van der Waals surface area (Å²) < 4.78 is 24.5. The molecule has 0 bridgehead atoms. The van der Waals surface area contributed by atoms with Crippen LogP contribution in [0, 0.1) is 5.82 Å². The zero-order valence-corrected chi connectivity index (χ0v) is 18.2. The topological polar surface area (TPSA) is 51.1 Å². The Balaban J connectivity index is 1.53. The lowest BCUT2D eigenvalue weighted by molar-refractivity contribution is -0.113. The number of benzene rings is 3. The van der Waals surface area contributed by atoms with Crippen molar-refractivity contribution in [1.29, 1.82) is 0 Å². The van der Waals surface area contributed by atoms with Crippen LogP contribution in [0.1, 0.15) is 5.56 Å². The van der Waals surface area contributed by atoms with Gasteiger partial charge in [-0.2, -0.15) is 0 Å². The lowest BCUT2D eigenvalue weighted by Gasteiger charge is -2.18. The number of halogens is 2. The van der Waals surface area contributed by atoms with Gasteiger partial charge in [0.15, 0.2) is 16.7 Å². The van der Waals surface area contributed by atoms with E-state index in [1.54, 1.807) is 42.5 Å². The predicted molar refractivity (Wildman–Crippen MR) is 125 cm³/mol. The molecule has 0 N–H and O–H groups in total. The summed E-state index contributed by atoms with van der Waals surface area (Å²) in [5.41, 5.74) is 1.99. The summed E-state index contributed by atoms with van der Waals surface area (Å²) in [7, 11) is 0. The van der Waals surface area contributed by atoms with Crippen molar-refractivity contribution >= 4 is 51.9 Å². The first kappa shape index (κ1) is 20.6. The van der Waals surface area contributed by atoms with Crippen molar-refractivity contribution in [2.45, 2.75) is 0 Å². The molecule has 2 aliphatic rings. The Kier molecular flexibility index (Phi) is 5.59. The van der Waals surface area contributed by atoms with Crippen molar-refractivity contribution < 1.29 is 18.7 Å². The second-order valence-corrected chi connectivity index (χ2v) is 8.45. The van der Waals surface area contributed by atoms with Crippen LogP contribution in [0.4, 0.5) is 15.8 Å². The molecule has 5 rings (SSSR count). The molecule has 0 atom stereocenters. The van der Waals surface area contributed by atoms with Crippen LogP contribution in [0.25, 0.3) is 6.08 Å². The molecule has 5 nitrogen and oxygen atoms in total. The Morgan fingerprint density at radius 3 is 2.44 bits per heavy atom. The van der Waals surface area contributed by atoms with Gasteiger partial charge in [0.25, 0.3) is 5.91 Å². The van der Waals surface area contributed by atoms with Gasteiger partial charge >= 0.3 is 0 Å². The van der Waals surface area contributed by atoms with E-state index in [1.165, 1.54) is 28.8 Å². The fourth-order valence-electron chi connectivity index (χ4n) is 3.29. The van der Waals surface area contributed by atoms with Crippen molar-refractivity contribution in [3.8, 4) is 11.5 Å². The molecule has 8 heteroatoms. The van der Waals surface area contributed by atoms with Gasteiger partial charge in [-0.15, -0.1) is 0 Å². The Morgan fingerprint density at radius 1 is 0.969 bits per heavy atom. The van der Waals surface area contributed by atoms with Crippen molar-refractivity contribution in [2.24, 2.45) is 4.99 Å². The van der Waals surface area contributed by atoms with Crippen LogP contribution >= 0.6 is 23.4 Å². The molecule has 1 saturated heterocycles. The Labute approximate surface area is 193 Å². The minimum atomic E-state index is -0.349. The highest BCUT2D eigenvalue weighted by Gasteiger charge is 2.34. The van der Waals surface area contributed by atoms with Gasteiger partial charge in [0.2, 0.25) is 0 Å². The first-order chi connectivity index (χ1) is 15.6. The van der Waals surface area contributed by atoms with Gasteiger partial charge < -0.3 is 9.47 Å². The van der Waals surface area contributed by atoms with Crippen LogP contribution in [-0.4, -0.2) is 24.3 Å². The molecule has 0 aromatic heterocycles. The third kappa shape index (κ3) is 4.22. The first-order valence-electron chi connectivity index (χ1n) is 9.80. The van der Waals surface area contributed by atoms with Gasteiger partial charge in [0.05, 0.1) is 16.3 Å². The Hall–Kier alpha value is -3.29. The molecule has 3 aromatic rings. The number of hydrogen-bond donors (Lipinski definition) is 0. The van der Waals surface area contributed by atoms with E-state index in [0.717, 1.165) is 5.56 Å². The zero-order chi connectivity index (χ0) is 22.1. The van der Waals surface area contributed by atoms with Gasteiger partial charge in [-0.05, 0) is 84.1 Å². The second kappa shape index (κ2) is 8.68. The molecule has 0 aliphatic carbocycles. The summed E-state index contributed by atoms with van der Waals surface area (Å²) in [5, 5.41) is 1.03. The average Bonchev–Trinajstić information content (AvgIpc) is 3.10. The summed E-state index contributed by atoms with van der Waals surface area (Å²) >= 11 is 7.27. The fourth-order valence-corrected chi connectivity index (χ4v) is 4.42.